The van der Waals surface area contributed by atoms with Crippen LogP contribution >= 0.6 is 0 Å². The minimum absolute atomic E-state index is 0.176. The summed E-state index contributed by atoms with van der Waals surface area (Å²) in [6.07, 6.45) is 7.43. The summed E-state index contributed by atoms with van der Waals surface area (Å²) in [4.78, 5) is 39.2. The average Bonchev–Trinajstić information content (AvgIpc) is 3.57. The third-order valence-corrected chi connectivity index (χ3v) is 6.98. The molecule has 2 aliphatic rings. The molecule has 3 aromatic heterocycles. The molecule has 3 N–H and O–H groups in total. The van der Waals surface area contributed by atoms with Gasteiger partial charge in [-0.25, -0.2) is 4.98 Å². The fourth-order valence-electron chi connectivity index (χ4n) is 5.12. The van der Waals surface area contributed by atoms with E-state index in [0.29, 0.717) is 39.1 Å². The third kappa shape index (κ3) is 4.65. The number of amides is 1. The van der Waals surface area contributed by atoms with Crippen molar-refractivity contribution in [3.63, 3.8) is 0 Å². The Hall–Kier alpha value is -4.24. The molecule has 9 heteroatoms. The van der Waals surface area contributed by atoms with Crippen molar-refractivity contribution in [1.29, 1.82) is 0 Å². The SMILES string of the molecule is O=C(NCc1cc2cnccc2[nH]1)C1CCc2c(C3=CCOCC3)nc(NCc3ccccc3)c(=O)n21. The lowest BCUT2D eigenvalue weighted by Gasteiger charge is -2.20. The number of nitrogens with one attached hydrogen (secondary N) is 3. The number of ether oxygens (including phenoxy) is 1. The number of anilines is 1. The Labute approximate surface area is 213 Å². The number of hydrogen-bond donors (Lipinski definition) is 3. The summed E-state index contributed by atoms with van der Waals surface area (Å²) in [6.45, 7) is 1.94. The second kappa shape index (κ2) is 10.0. The number of nitrogens with zero attached hydrogens (tertiary/aromatic N) is 3. The number of fused-ring (bicyclic) bond motifs is 2. The normalized spacial score (nSPS) is 16.9. The number of carbonyl (C=O) groups excluding carboxylic acids is 1. The van der Waals surface area contributed by atoms with Gasteiger partial charge in [0.25, 0.3) is 5.56 Å². The first-order valence-corrected chi connectivity index (χ1v) is 12.6. The number of H-pyrrole nitrogens is 1. The average molecular weight is 497 g/mol. The molecule has 0 saturated carbocycles. The summed E-state index contributed by atoms with van der Waals surface area (Å²) < 4.78 is 7.14. The number of pyridine rings is 1. The Morgan fingerprint density at radius 2 is 2.05 bits per heavy atom. The van der Waals surface area contributed by atoms with Gasteiger partial charge in [-0.15, -0.1) is 0 Å². The molecule has 1 amide bonds. The van der Waals surface area contributed by atoms with E-state index in [-0.39, 0.29) is 17.3 Å². The second-order valence-corrected chi connectivity index (χ2v) is 9.35. The van der Waals surface area contributed by atoms with E-state index in [1.54, 1.807) is 17.0 Å². The van der Waals surface area contributed by atoms with Crippen LogP contribution in [0.4, 0.5) is 5.82 Å². The molecule has 1 aromatic carbocycles. The predicted octanol–water partition coefficient (Wildman–Crippen LogP) is 3.34. The van der Waals surface area contributed by atoms with E-state index in [9.17, 15) is 9.59 Å². The lowest BCUT2D eigenvalue weighted by molar-refractivity contribution is -0.124. The van der Waals surface area contributed by atoms with Crippen molar-refractivity contribution >= 4 is 28.2 Å². The molecule has 9 nitrogen and oxygen atoms in total. The summed E-state index contributed by atoms with van der Waals surface area (Å²) in [6, 6.07) is 13.2. The highest BCUT2D eigenvalue weighted by Gasteiger charge is 2.34. The van der Waals surface area contributed by atoms with E-state index in [4.69, 9.17) is 9.72 Å². The maximum Gasteiger partial charge on any atom is 0.294 e. The van der Waals surface area contributed by atoms with E-state index >= 15 is 0 Å². The summed E-state index contributed by atoms with van der Waals surface area (Å²) in [5.74, 6) is 0.0857. The first-order chi connectivity index (χ1) is 18.2. The molecular weight excluding hydrogens is 468 g/mol. The summed E-state index contributed by atoms with van der Waals surface area (Å²) in [7, 11) is 0. The molecule has 1 unspecified atom stereocenters. The van der Waals surface area contributed by atoms with E-state index < -0.39 is 6.04 Å². The molecule has 4 aromatic rings. The quantitative estimate of drug-likeness (QED) is 0.362. The van der Waals surface area contributed by atoms with Crippen LogP contribution in [0.15, 0.2) is 65.7 Å². The van der Waals surface area contributed by atoms with Gasteiger partial charge in [0.1, 0.15) is 6.04 Å². The highest BCUT2D eigenvalue weighted by Crippen LogP contribution is 2.32. The van der Waals surface area contributed by atoms with Crippen molar-refractivity contribution < 1.29 is 9.53 Å². The highest BCUT2D eigenvalue weighted by atomic mass is 16.5. The number of rotatable bonds is 7. The van der Waals surface area contributed by atoms with Crippen LogP contribution in [0.5, 0.6) is 0 Å². The molecule has 0 aliphatic carbocycles. The van der Waals surface area contributed by atoms with Crippen molar-refractivity contribution in [2.45, 2.75) is 38.4 Å². The molecule has 0 fully saturated rings. The fraction of sp³-hybridized carbons (Fsp3) is 0.286. The molecule has 6 rings (SSSR count). The molecule has 37 heavy (non-hydrogen) atoms. The van der Waals surface area contributed by atoms with Crippen LogP contribution in [0.1, 0.15) is 41.5 Å². The standard InChI is InChI=1S/C28H28N6O3/c35-27(31-17-21-14-20-16-29-11-8-22(20)32-21)24-7-6-23-25(19-9-12-37-13-10-19)33-26(28(36)34(23)24)30-15-18-4-2-1-3-5-18/h1-5,8-9,11,14,16,24,32H,6-7,10,12-13,15,17H2,(H,30,33)(H,31,35). The van der Waals surface area contributed by atoms with Crippen LogP contribution in [-0.2, 0) is 29.0 Å². The van der Waals surface area contributed by atoms with Crippen molar-refractivity contribution in [2.75, 3.05) is 18.5 Å². The second-order valence-electron chi connectivity index (χ2n) is 9.35. The Morgan fingerprint density at radius 3 is 2.86 bits per heavy atom. The Balaban J connectivity index is 1.29. The molecule has 188 valence electrons. The van der Waals surface area contributed by atoms with Gasteiger partial charge in [-0.3, -0.25) is 19.1 Å². The topological polar surface area (TPSA) is 114 Å². The van der Waals surface area contributed by atoms with E-state index in [1.807, 2.05) is 48.5 Å². The van der Waals surface area contributed by atoms with Gasteiger partial charge in [0, 0.05) is 41.2 Å². The van der Waals surface area contributed by atoms with Crippen molar-refractivity contribution in [1.82, 2.24) is 24.8 Å². The molecule has 0 bridgehead atoms. The smallest absolute Gasteiger partial charge is 0.294 e. The van der Waals surface area contributed by atoms with Gasteiger partial charge >= 0.3 is 0 Å². The van der Waals surface area contributed by atoms with Gasteiger partial charge in [-0.1, -0.05) is 36.4 Å². The largest absolute Gasteiger partial charge is 0.377 e. The van der Waals surface area contributed by atoms with Crippen LogP contribution in [0.2, 0.25) is 0 Å². The molecule has 1 atom stereocenters. The van der Waals surface area contributed by atoms with Gasteiger partial charge in [-0.2, -0.15) is 0 Å². The Morgan fingerprint density at radius 1 is 1.16 bits per heavy atom. The number of aromatic nitrogens is 4. The number of aromatic amines is 1. The van der Waals surface area contributed by atoms with Gasteiger partial charge in [-0.05, 0) is 42.5 Å². The first kappa shape index (κ1) is 23.2. The Kier molecular flexibility index (Phi) is 6.28. The van der Waals surface area contributed by atoms with Crippen LogP contribution in [-0.4, -0.2) is 38.6 Å². The van der Waals surface area contributed by atoms with Crippen molar-refractivity contribution in [3.8, 4) is 0 Å². The van der Waals surface area contributed by atoms with E-state index in [2.05, 4.69) is 20.6 Å². The lowest BCUT2D eigenvalue weighted by atomic mass is 10.0. The summed E-state index contributed by atoms with van der Waals surface area (Å²) in [5.41, 5.74) is 5.30. The molecule has 0 radical (unpaired) electrons. The minimum Gasteiger partial charge on any atom is -0.377 e. The monoisotopic (exact) mass is 496 g/mol. The van der Waals surface area contributed by atoms with Gasteiger partial charge < -0.3 is 20.4 Å². The van der Waals surface area contributed by atoms with Crippen molar-refractivity contribution in [3.05, 3.63) is 93.9 Å². The fourth-order valence-corrected chi connectivity index (χ4v) is 5.12. The molecule has 0 spiro atoms. The van der Waals surface area contributed by atoms with Crippen LogP contribution in [0, 0.1) is 0 Å². The molecule has 0 saturated heterocycles. The zero-order valence-electron chi connectivity index (χ0n) is 20.4. The molecule has 2 aliphatic heterocycles. The summed E-state index contributed by atoms with van der Waals surface area (Å²) >= 11 is 0. The van der Waals surface area contributed by atoms with E-state index in [0.717, 1.165) is 45.5 Å². The zero-order valence-corrected chi connectivity index (χ0v) is 20.4. The van der Waals surface area contributed by atoms with Crippen LogP contribution < -0.4 is 16.2 Å². The maximum absolute atomic E-state index is 13.6. The predicted molar refractivity (Wildman–Crippen MR) is 141 cm³/mol. The first-order valence-electron chi connectivity index (χ1n) is 12.6. The third-order valence-electron chi connectivity index (χ3n) is 6.98. The number of hydrogen-bond acceptors (Lipinski definition) is 6. The molecular formula is C28H28N6O3. The highest BCUT2D eigenvalue weighted by molar-refractivity contribution is 5.82. The van der Waals surface area contributed by atoms with Crippen LogP contribution in [0.3, 0.4) is 0 Å². The number of carbonyl (C=O) groups is 1. The van der Waals surface area contributed by atoms with Gasteiger partial charge in [0.05, 0.1) is 25.5 Å². The summed E-state index contributed by atoms with van der Waals surface area (Å²) in [5, 5.41) is 7.24. The number of benzene rings is 1. The zero-order chi connectivity index (χ0) is 25.2. The van der Waals surface area contributed by atoms with Crippen LogP contribution in [0.25, 0.3) is 16.5 Å². The lowest BCUT2D eigenvalue weighted by Crippen LogP contribution is -2.37. The Bertz CT molecular complexity index is 1510. The van der Waals surface area contributed by atoms with Gasteiger partial charge in [0.15, 0.2) is 5.82 Å². The maximum atomic E-state index is 13.6. The minimum atomic E-state index is -0.590. The van der Waals surface area contributed by atoms with Gasteiger partial charge in [0.2, 0.25) is 5.91 Å². The van der Waals surface area contributed by atoms with E-state index in [1.165, 1.54) is 0 Å². The molecule has 5 heterocycles. The van der Waals surface area contributed by atoms with Crippen molar-refractivity contribution in [2.24, 2.45) is 0 Å².